The van der Waals surface area contributed by atoms with Gasteiger partial charge >= 0.3 is 7.60 Å². The molecule has 0 bridgehead atoms. The van der Waals surface area contributed by atoms with Crippen molar-refractivity contribution in [1.82, 2.24) is 19.5 Å². The summed E-state index contributed by atoms with van der Waals surface area (Å²) in [5, 5.41) is 0. The van der Waals surface area contributed by atoms with Crippen LogP contribution >= 0.6 is 7.60 Å². The number of nitrogens with zero attached hydrogens (tertiary/aromatic N) is 3. The lowest BCUT2D eigenvalue weighted by Gasteiger charge is -2.19. The summed E-state index contributed by atoms with van der Waals surface area (Å²) in [6.45, 7) is 4.64. The summed E-state index contributed by atoms with van der Waals surface area (Å²) in [6.07, 6.45) is 0.327. The summed E-state index contributed by atoms with van der Waals surface area (Å²) in [5.74, 6) is -3.88. The molecule has 5 rings (SSSR count). The molecule has 1 aromatic carbocycles. The molecule has 12 nitrogen and oxygen atoms in total. The van der Waals surface area contributed by atoms with Crippen LogP contribution in [0, 0.1) is 18.7 Å². The van der Waals surface area contributed by atoms with Gasteiger partial charge in [-0.25, -0.2) is 18.2 Å². The number of imidazole rings is 1. The van der Waals surface area contributed by atoms with Gasteiger partial charge in [0.2, 0.25) is 11.9 Å². The zero-order valence-corrected chi connectivity index (χ0v) is 23.5. The number of halogens is 3. The van der Waals surface area contributed by atoms with E-state index < -0.39 is 50.2 Å². The van der Waals surface area contributed by atoms with Crippen LogP contribution in [0.5, 0.6) is 0 Å². The van der Waals surface area contributed by atoms with E-state index in [4.69, 9.17) is 29.0 Å². The van der Waals surface area contributed by atoms with Crippen LogP contribution in [0.25, 0.3) is 11.2 Å². The number of aromatic nitrogens is 4. The van der Waals surface area contributed by atoms with Crippen LogP contribution in [0.1, 0.15) is 30.4 Å². The summed E-state index contributed by atoms with van der Waals surface area (Å²) in [4.78, 5) is 22.5. The number of rotatable bonds is 12. The molecule has 1 aliphatic carbocycles. The van der Waals surface area contributed by atoms with E-state index in [0.29, 0.717) is 11.1 Å². The van der Waals surface area contributed by atoms with E-state index in [1.165, 1.54) is 17.0 Å². The van der Waals surface area contributed by atoms with Gasteiger partial charge in [-0.15, -0.1) is 0 Å². The first-order valence-corrected chi connectivity index (χ1v) is 14.7. The number of anilines is 1. The molecular formula is C26H29F3N5O7P. The lowest BCUT2D eigenvalue weighted by Crippen LogP contribution is -2.14. The first-order chi connectivity index (χ1) is 19.9. The summed E-state index contributed by atoms with van der Waals surface area (Å²) in [5.41, 5.74) is 6.30. The van der Waals surface area contributed by atoms with E-state index in [1.807, 2.05) is 0 Å². The van der Waals surface area contributed by atoms with Crippen LogP contribution in [0.4, 0.5) is 19.1 Å². The molecule has 0 amide bonds. The molecule has 3 aromatic rings. The number of fused-ring (bicyclic) bond motifs is 1. The van der Waals surface area contributed by atoms with Gasteiger partial charge in [0.15, 0.2) is 22.7 Å². The van der Waals surface area contributed by atoms with Crippen LogP contribution in [-0.2, 0) is 41.0 Å². The molecule has 0 radical (unpaired) electrons. The Labute approximate surface area is 237 Å². The van der Waals surface area contributed by atoms with Gasteiger partial charge in [-0.2, -0.15) is 4.98 Å². The quantitative estimate of drug-likeness (QED) is 0.217. The highest BCUT2D eigenvalue weighted by Gasteiger charge is 2.44. The minimum absolute atomic E-state index is 0.0166. The number of ether oxygens (including phenoxy) is 3. The number of hydrogen-bond donors (Lipinski definition) is 2. The molecule has 1 aliphatic heterocycles. The third kappa shape index (κ3) is 6.86. The molecule has 2 atom stereocenters. The first-order valence-electron chi connectivity index (χ1n) is 13.0. The van der Waals surface area contributed by atoms with Crippen LogP contribution in [0.2, 0.25) is 0 Å². The highest BCUT2D eigenvalue weighted by Crippen LogP contribution is 2.51. The Morgan fingerprint density at radius 3 is 2.81 bits per heavy atom. The number of alkyl halides is 2. The molecular weight excluding hydrogens is 582 g/mol. The van der Waals surface area contributed by atoms with Gasteiger partial charge in [0.1, 0.15) is 18.8 Å². The largest absolute Gasteiger partial charge is 0.427 e. The smallest absolute Gasteiger partial charge is 0.356 e. The van der Waals surface area contributed by atoms with Crippen molar-refractivity contribution in [3.63, 3.8) is 0 Å². The van der Waals surface area contributed by atoms with Crippen molar-refractivity contribution in [2.45, 2.75) is 45.3 Å². The monoisotopic (exact) mass is 611 g/mol. The average Bonchev–Trinajstić information content (AvgIpc) is 3.62. The number of nitrogens with two attached hydrogens (primary N) is 1. The molecule has 3 heterocycles. The standard InChI is InChI=1S/C26H29F3N5O7P/c1-15-3-4-17(9-19(15)27)11-38-42(36,14-37-8-7-34-13-31-21-23(34)32-25(30)33-24(21)35)39-12-20-22(41-16(2)40-20)18-5-6-26(28,29)10-18/h3-4,9,13,18H,2,5-8,10-12,14H2,1H3,(H3,30,32,33,35). The number of aryl methyl sites for hydroxylation is 1. The third-order valence-electron chi connectivity index (χ3n) is 6.79. The molecule has 3 N–H and O–H groups in total. The fraction of sp³-hybridized carbons (Fsp3) is 0.423. The molecule has 16 heteroatoms. The number of allylic oxidation sites excluding steroid dienone is 1. The fourth-order valence-corrected chi connectivity index (χ4v) is 5.85. The van der Waals surface area contributed by atoms with Crippen molar-refractivity contribution in [1.29, 1.82) is 0 Å². The Bertz CT molecular complexity index is 1640. The number of benzene rings is 1. The predicted octanol–water partition coefficient (Wildman–Crippen LogP) is 4.71. The van der Waals surface area contributed by atoms with Crippen molar-refractivity contribution in [3.05, 3.63) is 75.9 Å². The van der Waals surface area contributed by atoms with Crippen LogP contribution < -0.4 is 11.3 Å². The zero-order valence-electron chi connectivity index (χ0n) is 22.6. The van der Waals surface area contributed by atoms with Gasteiger partial charge < -0.3 is 29.0 Å². The van der Waals surface area contributed by atoms with Gasteiger partial charge in [0.05, 0.1) is 19.5 Å². The van der Waals surface area contributed by atoms with Crippen LogP contribution in [0.3, 0.4) is 0 Å². The van der Waals surface area contributed by atoms with Crippen molar-refractivity contribution in [2.75, 3.05) is 25.3 Å². The highest BCUT2D eigenvalue weighted by molar-refractivity contribution is 7.53. The Morgan fingerprint density at radius 2 is 2.07 bits per heavy atom. The number of aromatic amines is 1. The molecule has 1 fully saturated rings. The maximum absolute atomic E-state index is 14.1. The van der Waals surface area contributed by atoms with Gasteiger partial charge in [-0.1, -0.05) is 12.1 Å². The number of nitrogens with one attached hydrogen (secondary N) is 1. The van der Waals surface area contributed by atoms with Gasteiger partial charge in [-0.05, 0) is 37.1 Å². The average molecular weight is 612 g/mol. The molecule has 0 saturated heterocycles. The number of nitrogen functional groups attached to an aromatic ring is 1. The Balaban J connectivity index is 1.27. The SMILES string of the molecule is C=C1OC(COP(=O)(COCCn2cnc3c(=O)[nH]c(N)nc32)OCc2ccc(C)c(F)c2)=C(C2CCC(F)(F)C2)O1. The Kier molecular flexibility index (Phi) is 8.46. The lowest BCUT2D eigenvalue weighted by molar-refractivity contribution is 0.00452. The molecule has 2 aromatic heterocycles. The first kappa shape index (κ1) is 29.8. The predicted molar refractivity (Wildman–Crippen MR) is 143 cm³/mol. The Hall–Kier alpha value is -3.65. The second-order valence-electron chi connectivity index (χ2n) is 10.00. The van der Waals surface area contributed by atoms with E-state index in [-0.39, 0.29) is 67.2 Å². The van der Waals surface area contributed by atoms with Gasteiger partial charge in [0, 0.05) is 25.3 Å². The molecule has 2 aliphatic rings. The summed E-state index contributed by atoms with van der Waals surface area (Å²) < 4.78 is 84.8. The molecule has 1 saturated carbocycles. The maximum Gasteiger partial charge on any atom is 0.356 e. The second-order valence-corrected chi connectivity index (χ2v) is 12.0. The second kappa shape index (κ2) is 11.9. The van der Waals surface area contributed by atoms with Crippen LogP contribution in [-0.4, -0.2) is 45.0 Å². The van der Waals surface area contributed by atoms with E-state index >= 15 is 0 Å². The summed E-state index contributed by atoms with van der Waals surface area (Å²) in [6, 6.07) is 4.43. The van der Waals surface area contributed by atoms with E-state index in [1.54, 1.807) is 19.1 Å². The molecule has 226 valence electrons. The van der Waals surface area contributed by atoms with Crippen molar-refractivity contribution >= 4 is 24.7 Å². The molecule has 0 spiro atoms. The number of hydrogen-bond acceptors (Lipinski definition) is 10. The van der Waals surface area contributed by atoms with Gasteiger partial charge in [-0.3, -0.25) is 18.9 Å². The Morgan fingerprint density at radius 1 is 1.29 bits per heavy atom. The topological polar surface area (TPSA) is 153 Å². The minimum Gasteiger partial charge on any atom is -0.427 e. The van der Waals surface area contributed by atoms with Crippen molar-refractivity contribution < 1.29 is 41.0 Å². The molecule has 2 unspecified atom stereocenters. The lowest BCUT2D eigenvalue weighted by atomic mass is 10.0. The molecule has 42 heavy (non-hydrogen) atoms. The maximum atomic E-state index is 14.1. The van der Waals surface area contributed by atoms with Crippen molar-refractivity contribution in [2.24, 2.45) is 5.92 Å². The van der Waals surface area contributed by atoms with Gasteiger partial charge in [0.25, 0.3) is 11.5 Å². The van der Waals surface area contributed by atoms with E-state index in [0.717, 1.165) is 0 Å². The number of H-pyrrole nitrogens is 1. The highest BCUT2D eigenvalue weighted by atomic mass is 31.2. The van der Waals surface area contributed by atoms with E-state index in [9.17, 15) is 22.5 Å². The summed E-state index contributed by atoms with van der Waals surface area (Å²) >= 11 is 0. The zero-order chi connectivity index (χ0) is 30.1. The minimum atomic E-state index is -4.05. The van der Waals surface area contributed by atoms with Crippen molar-refractivity contribution in [3.8, 4) is 0 Å². The fourth-order valence-electron chi connectivity index (χ4n) is 4.61. The third-order valence-corrected chi connectivity index (χ3v) is 8.33. The van der Waals surface area contributed by atoms with E-state index in [2.05, 4.69) is 21.5 Å². The van der Waals surface area contributed by atoms with Crippen LogP contribution in [0.15, 0.2) is 53.4 Å². The normalized spacial score (nSPS) is 19.7. The summed E-state index contributed by atoms with van der Waals surface area (Å²) in [7, 11) is -4.05.